The molecule has 1 aliphatic heterocycles. The summed E-state index contributed by atoms with van der Waals surface area (Å²) in [5, 5.41) is 11.4. The van der Waals surface area contributed by atoms with Gasteiger partial charge in [0.2, 0.25) is 0 Å². The van der Waals surface area contributed by atoms with Gasteiger partial charge in [0.1, 0.15) is 6.04 Å². The van der Waals surface area contributed by atoms with Gasteiger partial charge >= 0.3 is 6.03 Å². The Balaban J connectivity index is 2.01. The molecule has 1 aromatic rings. The van der Waals surface area contributed by atoms with E-state index in [4.69, 9.17) is 10.0 Å². The fraction of sp³-hybridized carbons (Fsp3) is 0.500. The first-order chi connectivity index (χ1) is 10.9. The molecule has 0 spiro atoms. The number of nitrogens with one attached hydrogen (secondary N) is 2. The lowest BCUT2D eigenvalue weighted by Gasteiger charge is -2.26. The number of hydrogen-bond acceptors (Lipinski definition) is 5. The van der Waals surface area contributed by atoms with Crippen LogP contribution in [0.25, 0.3) is 0 Å². The predicted molar refractivity (Wildman–Crippen MR) is 83.3 cm³/mol. The van der Waals surface area contributed by atoms with E-state index in [0.717, 1.165) is 10.5 Å². The maximum atomic E-state index is 12.5. The van der Waals surface area contributed by atoms with Crippen molar-refractivity contribution in [3.05, 3.63) is 35.4 Å². The Labute approximate surface area is 135 Å². The molecule has 2 atom stereocenters. The number of aryl methyl sites for hydroxylation is 2. The lowest BCUT2D eigenvalue weighted by molar-refractivity contribution is -0.208. The Morgan fingerprint density at radius 1 is 1.30 bits per heavy atom. The van der Waals surface area contributed by atoms with Gasteiger partial charge in [-0.1, -0.05) is 49.3 Å². The lowest BCUT2D eigenvalue weighted by Crippen LogP contribution is -2.47. The summed E-state index contributed by atoms with van der Waals surface area (Å²) in [7, 11) is 0. The molecule has 0 saturated carbocycles. The largest absolute Gasteiger partial charge is 0.327 e. The van der Waals surface area contributed by atoms with E-state index in [1.165, 1.54) is 5.56 Å². The maximum Gasteiger partial charge on any atom is 0.327 e. The first kappa shape index (κ1) is 17.4. The highest BCUT2D eigenvalue weighted by Gasteiger charge is 2.43. The Morgan fingerprint density at radius 3 is 2.52 bits per heavy atom. The van der Waals surface area contributed by atoms with E-state index in [0.29, 0.717) is 12.8 Å². The molecule has 1 saturated heterocycles. The van der Waals surface area contributed by atoms with Crippen molar-refractivity contribution in [1.29, 1.82) is 0 Å². The zero-order valence-electron chi connectivity index (χ0n) is 13.6. The van der Waals surface area contributed by atoms with Gasteiger partial charge in [-0.25, -0.2) is 9.69 Å². The van der Waals surface area contributed by atoms with Crippen LogP contribution in [0.3, 0.4) is 0 Å². The van der Waals surface area contributed by atoms with Crippen LogP contribution in [-0.2, 0) is 16.1 Å². The van der Waals surface area contributed by atoms with E-state index >= 15 is 0 Å². The van der Waals surface area contributed by atoms with Gasteiger partial charge in [0, 0.05) is 5.92 Å². The van der Waals surface area contributed by atoms with Crippen molar-refractivity contribution in [3.63, 3.8) is 0 Å². The zero-order valence-corrected chi connectivity index (χ0v) is 13.6. The summed E-state index contributed by atoms with van der Waals surface area (Å²) in [6.45, 7) is 5.61. The second kappa shape index (κ2) is 7.54. The van der Waals surface area contributed by atoms with Crippen molar-refractivity contribution < 1.29 is 19.6 Å². The summed E-state index contributed by atoms with van der Waals surface area (Å²) in [6.07, 6.45) is 0.342. The molecule has 0 radical (unpaired) electrons. The molecule has 1 heterocycles. The quantitative estimate of drug-likeness (QED) is 0.526. The molecule has 7 heteroatoms. The number of rotatable bonds is 7. The standard InChI is InChI=1S/C16H23N3O4/c1-10(2)15(23-18-22)19-14(20)13(17-16(19)21)9-8-12-6-4-11(3)5-7-12/h4-7,10,13,15,18,22H,8-9H2,1-3H3,(H,17,21)/t13-,15-/m0/s1. The monoisotopic (exact) mass is 321 g/mol. The van der Waals surface area contributed by atoms with E-state index in [1.807, 2.05) is 31.2 Å². The van der Waals surface area contributed by atoms with Crippen molar-refractivity contribution in [1.82, 2.24) is 15.9 Å². The second-order valence-electron chi connectivity index (χ2n) is 6.08. The fourth-order valence-corrected chi connectivity index (χ4v) is 2.59. The number of imide groups is 1. The van der Waals surface area contributed by atoms with Gasteiger partial charge in [0.25, 0.3) is 5.91 Å². The molecular formula is C16H23N3O4. The minimum absolute atomic E-state index is 0.166. The SMILES string of the molecule is Cc1ccc(CC[C@@H]2NC(=O)N([C@@H](ONO)C(C)C)C2=O)cc1. The molecular weight excluding hydrogens is 298 g/mol. The van der Waals surface area contributed by atoms with Crippen LogP contribution in [0.5, 0.6) is 0 Å². The van der Waals surface area contributed by atoms with Gasteiger partial charge in [-0.2, -0.15) is 0 Å². The number of nitrogens with zero attached hydrogens (tertiary/aromatic N) is 1. The van der Waals surface area contributed by atoms with Crippen LogP contribution in [0.4, 0.5) is 4.79 Å². The summed E-state index contributed by atoms with van der Waals surface area (Å²) in [5.74, 6) is -0.503. The first-order valence-electron chi connectivity index (χ1n) is 7.68. The topological polar surface area (TPSA) is 90.9 Å². The van der Waals surface area contributed by atoms with Gasteiger partial charge in [-0.05, 0) is 25.3 Å². The van der Waals surface area contributed by atoms with E-state index in [9.17, 15) is 9.59 Å². The predicted octanol–water partition coefficient (Wildman–Crippen LogP) is 1.74. The molecule has 0 aliphatic carbocycles. The minimum atomic E-state index is -0.864. The molecule has 7 nitrogen and oxygen atoms in total. The average molecular weight is 321 g/mol. The average Bonchev–Trinajstić information content (AvgIpc) is 2.78. The maximum absolute atomic E-state index is 12.5. The van der Waals surface area contributed by atoms with Crippen LogP contribution in [-0.4, -0.2) is 34.3 Å². The van der Waals surface area contributed by atoms with Gasteiger partial charge in [-0.15, -0.1) is 0 Å². The summed E-state index contributed by atoms with van der Waals surface area (Å²) in [4.78, 5) is 30.5. The van der Waals surface area contributed by atoms with Crippen molar-refractivity contribution in [2.45, 2.75) is 45.9 Å². The van der Waals surface area contributed by atoms with E-state index < -0.39 is 18.3 Å². The van der Waals surface area contributed by atoms with E-state index in [1.54, 1.807) is 19.5 Å². The third-order valence-corrected chi connectivity index (χ3v) is 3.89. The van der Waals surface area contributed by atoms with Gasteiger partial charge < -0.3 is 5.32 Å². The molecule has 1 aromatic carbocycles. The van der Waals surface area contributed by atoms with Crippen molar-refractivity contribution >= 4 is 11.9 Å². The van der Waals surface area contributed by atoms with E-state index in [2.05, 4.69) is 5.32 Å². The number of urea groups is 1. The van der Waals surface area contributed by atoms with Gasteiger partial charge in [0.15, 0.2) is 6.23 Å². The van der Waals surface area contributed by atoms with Crippen molar-refractivity contribution in [3.8, 4) is 0 Å². The highest BCUT2D eigenvalue weighted by molar-refractivity contribution is 6.04. The van der Waals surface area contributed by atoms with Crippen LogP contribution >= 0.6 is 0 Å². The summed E-state index contributed by atoms with van der Waals surface area (Å²) in [6, 6.07) is 7.00. The van der Waals surface area contributed by atoms with Gasteiger partial charge in [-0.3, -0.25) is 14.8 Å². The highest BCUT2D eigenvalue weighted by Crippen LogP contribution is 2.20. The van der Waals surface area contributed by atoms with Crippen LogP contribution in [0, 0.1) is 12.8 Å². The molecule has 0 unspecified atom stereocenters. The van der Waals surface area contributed by atoms with Crippen LogP contribution in [0.1, 0.15) is 31.4 Å². The smallest absolute Gasteiger partial charge is 0.326 e. The minimum Gasteiger partial charge on any atom is -0.326 e. The number of benzene rings is 1. The Kier molecular flexibility index (Phi) is 5.70. The Morgan fingerprint density at radius 2 is 1.96 bits per heavy atom. The molecule has 3 N–H and O–H groups in total. The van der Waals surface area contributed by atoms with Crippen molar-refractivity contribution in [2.75, 3.05) is 0 Å². The Hall–Kier alpha value is -1.96. The van der Waals surface area contributed by atoms with Crippen LogP contribution < -0.4 is 11.0 Å². The van der Waals surface area contributed by atoms with Crippen LogP contribution in [0.2, 0.25) is 0 Å². The number of amides is 3. The van der Waals surface area contributed by atoms with Crippen LogP contribution in [0.15, 0.2) is 24.3 Å². The second-order valence-corrected chi connectivity index (χ2v) is 6.08. The number of hydrogen-bond donors (Lipinski definition) is 3. The Bertz CT molecular complexity index is 559. The van der Waals surface area contributed by atoms with E-state index in [-0.39, 0.29) is 11.8 Å². The zero-order chi connectivity index (χ0) is 17.0. The number of carbonyl (C=O) groups is 2. The van der Waals surface area contributed by atoms with Crippen molar-refractivity contribution in [2.24, 2.45) is 5.92 Å². The number of carbonyl (C=O) groups excluding carboxylic acids is 2. The molecule has 23 heavy (non-hydrogen) atoms. The lowest BCUT2D eigenvalue weighted by atomic mass is 10.0. The van der Waals surface area contributed by atoms with Gasteiger partial charge in [0.05, 0.1) is 0 Å². The summed E-state index contributed by atoms with van der Waals surface area (Å²) in [5.41, 5.74) is 3.87. The molecule has 3 amide bonds. The molecule has 0 aromatic heterocycles. The summed E-state index contributed by atoms with van der Waals surface area (Å²) < 4.78 is 0. The fourth-order valence-electron chi connectivity index (χ4n) is 2.59. The first-order valence-corrected chi connectivity index (χ1v) is 7.68. The molecule has 1 aliphatic rings. The third kappa shape index (κ3) is 4.07. The third-order valence-electron chi connectivity index (χ3n) is 3.89. The summed E-state index contributed by atoms with van der Waals surface area (Å²) >= 11 is 0. The molecule has 0 bridgehead atoms. The molecule has 2 rings (SSSR count). The molecule has 126 valence electrons. The normalized spacial score (nSPS) is 19.3. The highest BCUT2D eigenvalue weighted by atomic mass is 16.8. The molecule has 1 fully saturated rings.